The summed E-state index contributed by atoms with van der Waals surface area (Å²) < 4.78 is 5.93. The highest BCUT2D eigenvalue weighted by atomic mass is 16.5. The average molecular weight is 894 g/mol. The van der Waals surface area contributed by atoms with Crippen molar-refractivity contribution < 1.29 is 24.5 Å². The van der Waals surface area contributed by atoms with Gasteiger partial charge < -0.3 is 20.3 Å². The van der Waals surface area contributed by atoms with Crippen molar-refractivity contribution >= 4 is 11.9 Å². The Morgan fingerprint density at radius 3 is 1.27 bits per heavy atom. The van der Waals surface area contributed by atoms with Crippen LogP contribution < -0.4 is 5.32 Å². The Kier molecular flexibility index (Phi) is 49.1. The van der Waals surface area contributed by atoms with E-state index in [4.69, 9.17) is 4.74 Å². The summed E-state index contributed by atoms with van der Waals surface area (Å²) in [5, 5.41) is 23.8. The first-order chi connectivity index (χ1) is 31.5. The number of hydrogen-bond acceptors (Lipinski definition) is 5. The van der Waals surface area contributed by atoms with Gasteiger partial charge in [-0.25, -0.2) is 0 Å². The van der Waals surface area contributed by atoms with E-state index in [1.54, 1.807) is 0 Å². The van der Waals surface area contributed by atoms with Crippen LogP contribution in [-0.2, 0) is 14.3 Å². The number of aliphatic hydroxyl groups is 2. The second-order valence-electron chi connectivity index (χ2n) is 18.4. The molecule has 3 N–H and O–H groups in total. The van der Waals surface area contributed by atoms with Crippen LogP contribution in [0.3, 0.4) is 0 Å². The summed E-state index contributed by atoms with van der Waals surface area (Å²) in [7, 11) is 0. The number of ether oxygens (including phenoxy) is 1. The molecule has 3 atom stereocenters. The molecule has 0 aromatic heterocycles. The molecule has 0 saturated heterocycles. The van der Waals surface area contributed by atoms with E-state index in [-0.39, 0.29) is 24.9 Å². The zero-order valence-corrected chi connectivity index (χ0v) is 42.1. The fraction of sp³-hybridized carbons (Fsp3) is 0.759. The second kappa shape index (κ2) is 51.3. The number of unbranched alkanes of at least 4 members (excludes halogenated alkanes) is 29. The summed E-state index contributed by atoms with van der Waals surface area (Å²) in [5.74, 6) is -0.519. The second-order valence-corrected chi connectivity index (χ2v) is 18.4. The predicted molar refractivity (Wildman–Crippen MR) is 278 cm³/mol. The standard InChI is InChI=1S/C58H103NO5/c1-4-7-10-13-16-19-22-25-27-29-31-33-36-39-42-45-48-51-58(63)64-54(49-46-43-40-37-34-32-30-28-26-23-20-17-14-11-8-5-2)52-57(62)59-55(53-60)56(61)50-47-44-41-38-35-24-21-18-15-12-9-6-3/h7,10,13,16,19,22,25,27,29,31,33,36,54-56,60-61H,4-6,8-9,11-12,14-15,17-18,20-21,23-24,26,28,30,32,34-35,37-53H2,1-3H3,(H,59,62)/b10-7-,16-13+,22-19+,27-25-,31-29+,36-33+. The molecule has 0 aromatic carbocycles. The summed E-state index contributed by atoms with van der Waals surface area (Å²) in [6.07, 6.45) is 65.3. The number of nitrogens with one attached hydrogen (secondary N) is 1. The Bertz CT molecular complexity index is 1190. The molecule has 6 heteroatoms. The number of amides is 1. The van der Waals surface area contributed by atoms with Gasteiger partial charge in [0.05, 0.1) is 25.2 Å². The molecule has 64 heavy (non-hydrogen) atoms. The van der Waals surface area contributed by atoms with Gasteiger partial charge in [-0.15, -0.1) is 0 Å². The van der Waals surface area contributed by atoms with Crippen molar-refractivity contribution in [3.05, 3.63) is 72.9 Å². The number of carbonyl (C=O) groups excluding carboxylic acids is 2. The van der Waals surface area contributed by atoms with Gasteiger partial charge in [-0.1, -0.05) is 273 Å². The van der Waals surface area contributed by atoms with Crippen molar-refractivity contribution in [2.75, 3.05) is 6.61 Å². The Balaban J connectivity index is 4.66. The number of allylic oxidation sites excluding steroid dienone is 12. The molecule has 0 aliphatic carbocycles. The van der Waals surface area contributed by atoms with Gasteiger partial charge >= 0.3 is 5.97 Å². The molecule has 0 heterocycles. The summed E-state index contributed by atoms with van der Waals surface area (Å²) in [6, 6.07) is -0.712. The highest BCUT2D eigenvalue weighted by molar-refractivity contribution is 5.77. The zero-order chi connectivity index (χ0) is 46.7. The van der Waals surface area contributed by atoms with E-state index in [0.717, 1.165) is 70.6 Å². The molecular weight excluding hydrogens is 791 g/mol. The lowest BCUT2D eigenvalue weighted by molar-refractivity contribution is -0.151. The van der Waals surface area contributed by atoms with Crippen molar-refractivity contribution in [1.29, 1.82) is 0 Å². The van der Waals surface area contributed by atoms with E-state index in [1.807, 2.05) is 48.6 Å². The SMILES string of the molecule is CC\C=C/C=C/C=C/C=C\C=C\C=C\CCCCCC(=O)OC(CCCCCCCCCCCCCCCCCC)CC(=O)NC(CO)C(O)CCCCCCCCCCCCCC. The molecule has 0 bridgehead atoms. The minimum Gasteiger partial charge on any atom is -0.462 e. The Hall–Kier alpha value is -2.70. The number of rotatable bonds is 48. The summed E-state index contributed by atoms with van der Waals surface area (Å²) >= 11 is 0. The molecule has 0 rings (SSSR count). The van der Waals surface area contributed by atoms with Crippen LogP contribution >= 0.6 is 0 Å². The van der Waals surface area contributed by atoms with Gasteiger partial charge in [0.2, 0.25) is 5.91 Å². The molecule has 0 spiro atoms. The lowest BCUT2D eigenvalue weighted by atomic mass is 10.0. The van der Waals surface area contributed by atoms with Gasteiger partial charge in [0.25, 0.3) is 0 Å². The van der Waals surface area contributed by atoms with E-state index >= 15 is 0 Å². The third kappa shape index (κ3) is 45.9. The number of aliphatic hydroxyl groups excluding tert-OH is 2. The van der Waals surface area contributed by atoms with Gasteiger partial charge in [0.1, 0.15) is 6.10 Å². The Morgan fingerprint density at radius 2 is 0.844 bits per heavy atom. The monoisotopic (exact) mass is 894 g/mol. The summed E-state index contributed by atoms with van der Waals surface area (Å²) in [4.78, 5) is 26.2. The van der Waals surface area contributed by atoms with Gasteiger partial charge in [-0.2, -0.15) is 0 Å². The topological polar surface area (TPSA) is 95.9 Å². The van der Waals surface area contributed by atoms with Gasteiger partial charge in [0, 0.05) is 6.42 Å². The largest absolute Gasteiger partial charge is 0.462 e. The third-order valence-electron chi connectivity index (χ3n) is 12.2. The molecule has 1 amide bonds. The molecule has 370 valence electrons. The minimum absolute atomic E-state index is 0.0593. The first kappa shape index (κ1) is 61.3. The van der Waals surface area contributed by atoms with Crippen LogP contribution in [0.1, 0.15) is 258 Å². The van der Waals surface area contributed by atoms with Crippen molar-refractivity contribution in [1.82, 2.24) is 5.32 Å². The maximum Gasteiger partial charge on any atom is 0.306 e. The maximum atomic E-state index is 13.2. The molecule has 0 saturated carbocycles. The van der Waals surface area contributed by atoms with Crippen LogP contribution in [0.4, 0.5) is 0 Å². The first-order valence-corrected chi connectivity index (χ1v) is 27.2. The van der Waals surface area contributed by atoms with Gasteiger partial charge in [-0.05, 0) is 44.9 Å². The number of esters is 1. The Morgan fingerprint density at radius 1 is 0.469 bits per heavy atom. The highest BCUT2D eigenvalue weighted by Gasteiger charge is 2.24. The van der Waals surface area contributed by atoms with Gasteiger partial charge in [0.15, 0.2) is 0 Å². The van der Waals surface area contributed by atoms with E-state index in [1.165, 1.54) is 141 Å². The van der Waals surface area contributed by atoms with Crippen LogP contribution in [0.15, 0.2) is 72.9 Å². The molecule has 0 radical (unpaired) electrons. The van der Waals surface area contributed by atoms with E-state index in [2.05, 4.69) is 50.4 Å². The van der Waals surface area contributed by atoms with Crippen LogP contribution in [0.5, 0.6) is 0 Å². The third-order valence-corrected chi connectivity index (χ3v) is 12.2. The molecule has 0 aliphatic heterocycles. The molecule has 0 aromatic rings. The van der Waals surface area contributed by atoms with Crippen LogP contribution in [0.2, 0.25) is 0 Å². The Labute approximate surface area is 396 Å². The zero-order valence-electron chi connectivity index (χ0n) is 42.1. The maximum absolute atomic E-state index is 13.2. The molecule has 6 nitrogen and oxygen atoms in total. The average Bonchev–Trinajstić information content (AvgIpc) is 3.29. The number of carbonyl (C=O) groups is 2. The van der Waals surface area contributed by atoms with E-state index < -0.39 is 18.2 Å². The van der Waals surface area contributed by atoms with Crippen LogP contribution in [0.25, 0.3) is 0 Å². The van der Waals surface area contributed by atoms with E-state index in [9.17, 15) is 19.8 Å². The summed E-state index contributed by atoms with van der Waals surface area (Å²) in [5.41, 5.74) is 0. The fourth-order valence-corrected chi connectivity index (χ4v) is 8.11. The fourth-order valence-electron chi connectivity index (χ4n) is 8.11. The normalized spacial score (nSPS) is 13.8. The van der Waals surface area contributed by atoms with Crippen LogP contribution in [0, 0.1) is 0 Å². The van der Waals surface area contributed by atoms with Crippen molar-refractivity contribution in [3.63, 3.8) is 0 Å². The molecule has 0 fully saturated rings. The van der Waals surface area contributed by atoms with Crippen molar-refractivity contribution in [2.45, 2.75) is 277 Å². The molecule has 3 unspecified atom stereocenters. The smallest absolute Gasteiger partial charge is 0.306 e. The van der Waals surface area contributed by atoms with Crippen molar-refractivity contribution in [3.8, 4) is 0 Å². The number of hydrogen-bond donors (Lipinski definition) is 3. The summed E-state index contributed by atoms with van der Waals surface area (Å²) in [6.45, 7) is 6.34. The predicted octanol–water partition coefficient (Wildman–Crippen LogP) is 16.6. The highest BCUT2D eigenvalue weighted by Crippen LogP contribution is 2.18. The van der Waals surface area contributed by atoms with Gasteiger partial charge in [-0.3, -0.25) is 9.59 Å². The first-order valence-electron chi connectivity index (χ1n) is 27.2. The van der Waals surface area contributed by atoms with Crippen molar-refractivity contribution in [2.24, 2.45) is 0 Å². The quantitative estimate of drug-likeness (QED) is 0.0321. The van der Waals surface area contributed by atoms with Crippen LogP contribution in [-0.4, -0.2) is 46.9 Å². The molecule has 0 aliphatic rings. The lowest BCUT2D eigenvalue weighted by Crippen LogP contribution is -2.46. The minimum atomic E-state index is -0.797. The van der Waals surface area contributed by atoms with E-state index in [0.29, 0.717) is 19.3 Å². The molecular formula is C58H103NO5. The lowest BCUT2D eigenvalue weighted by Gasteiger charge is -2.24.